The predicted octanol–water partition coefficient (Wildman–Crippen LogP) is 1.17. The van der Waals surface area contributed by atoms with Crippen LogP contribution in [0, 0.1) is 6.92 Å². The van der Waals surface area contributed by atoms with E-state index < -0.39 is 5.97 Å². The van der Waals surface area contributed by atoms with Gasteiger partial charge in [0.25, 0.3) is 11.6 Å². The van der Waals surface area contributed by atoms with E-state index in [9.17, 15) is 9.59 Å². The van der Waals surface area contributed by atoms with Gasteiger partial charge in [-0.05, 0) is 19.9 Å². The lowest BCUT2D eigenvalue weighted by Gasteiger charge is -2.19. The molecule has 7 nitrogen and oxygen atoms in total. The van der Waals surface area contributed by atoms with Gasteiger partial charge in [0.2, 0.25) is 0 Å². The van der Waals surface area contributed by atoms with E-state index in [1.807, 2.05) is 0 Å². The van der Waals surface area contributed by atoms with Crippen molar-refractivity contribution >= 4 is 23.0 Å². The quantitative estimate of drug-likeness (QED) is 0.780. The van der Waals surface area contributed by atoms with Gasteiger partial charge in [-0.3, -0.25) is 9.59 Å². The highest BCUT2D eigenvalue weighted by Gasteiger charge is 2.19. The largest absolute Gasteiger partial charge is 0.468 e. The van der Waals surface area contributed by atoms with Crippen molar-refractivity contribution in [3.05, 3.63) is 23.5 Å². The molecule has 0 radical (unpaired) electrons. The Morgan fingerprint density at radius 3 is 2.85 bits per heavy atom. The molecular formula is C13H15N3O4. The van der Waals surface area contributed by atoms with E-state index in [0.717, 1.165) is 0 Å². The van der Waals surface area contributed by atoms with Crippen LogP contribution in [0.15, 0.2) is 16.8 Å². The number of ether oxygens (including phenoxy) is 1. The number of methoxy groups -OCH3 is 1. The summed E-state index contributed by atoms with van der Waals surface area (Å²) < 4.78 is 9.56. The molecule has 0 aliphatic rings. The van der Waals surface area contributed by atoms with Crippen molar-refractivity contribution in [1.29, 1.82) is 0 Å². The molecule has 0 unspecified atom stereocenters. The van der Waals surface area contributed by atoms with Gasteiger partial charge in [-0.25, -0.2) is 4.98 Å². The standard InChI is InChI=1S/C13H15N3O4/c1-4-16(7-11(17)19-3)13(18)9-5-10-8(2)15-20-12(10)14-6-9/h5-6H,4,7H2,1-3H3. The summed E-state index contributed by atoms with van der Waals surface area (Å²) in [6.07, 6.45) is 1.41. The van der Waals surface area contributed by atoms with E-state index in [1.165, 1.54) is 18.2 Å². The Bertz CT molecular complexity index is 650. The molecule has 0 saturated carbocycles. The summed E-state index contributed by atoms with van der Waals surface area (Å²) in [5.41, 5.74) is 1.43. The number of hydrogen-bond donors (Lipinski definition) is 0. The maximum absolute atomic E-state index is 12.3. The van der Waals surface area contributed by atoms with Gasteiger partial charge in [0.1, 0.15) is 6.54 Å². The predicted molar refractivity (Wildman–Crippen MR) is 70.1 cm³/mol. The van der Waals surface area contributed by atoms with E-state index in [-0.39, 0.29) is 12.5 Å². The van der Waals surface area contributed by atoms with Gasteiger partial charge >= 0.3 is 5.97 Å². The van der Waals surface area contributed by atoms with Crippen molar-refractivity contribution in [2.75, 3.05) is 20.2 Å². The smallest absolute Gasteiger partial charge is 0.325 e. The topological polar surface area (TPSA) is 85.5 Å². The van der Waals surface area contributed by atoms with Crippen LogP contribution in [0.1, 0.15) is 23.0 Å². The van der Waals surface area contributed by atoms with Crippen molar-refractivity contribution < 1.29 is 18.8 Å². The number of esters is 1. The minimum atomic E-state index is -0.463. The van der Waals surface area contributed by atoms with Gasteiger partial charge in [-0.1, -0.05) is 5.16 Å². The lowest BCUT2D eigenvalue weighted by atomic mass is 10.2. The minimum absolute atomic E-state index is 0.0908. The first-order valence-electron chi connectivity index (χ1n) is 6.15. The van der Waals surface area contributed by atoms with Crippen LogP contribution in [0.4, 0.5) is 0 Å². The average Bonchev–Trinajstić information content (AvgIpc) is 2.84. The number of rotatable bonds is 4. The molecule has 0 spiro atoms. The van der Waals surface area contributed by atoms with Gasteiger partial charge in [0.15, 0.2) is 0 Å². The highest BCUT2D eigenvalue weighted by molar-refractivity contribution is 5.98. The summed E-state index contributed by atoms with van der Waals surface area (Å²) in [6, 6.07) is 1.66. The van der Waals surface area contributed by atoms with Crippen molar-refractivity contribution in [3.63, 3.8) is 0 Å². The number of likely N-dealkylation sites (N-methyl/N-ethyl adjacent to an activating group) is 1. The van der Waals surface area contributed by atoms with Gasteiger partial charge in [0.05, 0.1) is 23.8 Å². The number of pyridine rings is 1. The fourth-order valence-electron chi connectivity index (χ4n) is 1.79. The number of aryl methyl sites for hydroxylation is 1. The van der Waals surface area contributed by atoms with Crippen LogP contribution >= 0.6 is 0 Å². The molecule has 1 amide bonds. The number of hydrogen-bond acceptors (Lipinski definition) is 6. The fraction of sp³-hybridized carbons (Fsp3) is 0.385. The second-order valence-electron chi connectivity index (χ2n) is 4.24. The first-order chi connectivity index (χ1) is 9.56. The Balaban J connectivity index is 2.29. The van der Waals surface area contributed by atoms with Gasteiger partial charge < -0.3 is 14.2 Å². The molecule has 0 N–H and O–H groups in total. The van der Waals surface area contributed by atoms with Crippen LogP contribution in [-0.4, -0.2) is 47.1 Å². The molecular weight excluding hydrogens is 262 g/mol. The maximum Gasteiger partial charge on any atom is 0.325 e. The summed E-state index contributed by atoms with van der Waals surface area (Å²) in [5, 5.41) is 4.47. The number of amides is 1. The van der Waals surface area contributed by atoms with Crippen LogP contribution in [-0.2, 0) is 9.53 Å². The Morgan fingerprint density at radius 1 is 1.45 bits per heavy atom. The summed E-state index contributed by atoms with van der Waals surface area (Å²) >= 11 is 0. The third-order valence-electron chi connectivity index (χ3n) is 2.97. The van der Waals surface area contributed by atoms with Gasteiger partial charge in [-0.2, -0.15) is 0 Å². The summed E-state index contributed by atoms with van der Waals surface area (Å²) in [5.74, 6) is -0.747. The number of carbonyl (C=O) groups excluding carboxylic acids is 2. The van der Waals surface area contributed by atoms with Gasteiger partial charge in [-0.15, -0.1) is 0 Å². The molecule has 0 fully saturated rings. The Labute approximate surface area is 115 Å². The lowest BCUT2D eigenvalue weighted by Crippen LogP contribution is -2.36. The molecule has 2 rings (SSSR count). The van der Waals surface area contributed by atoms with E-state index in [4.69, 9.17) is 4.52 Å². The van der Waals surface area contributed by atoms with Crippen molar-refractivity contribution in [3.8, 4) is 0 Å². The molecule has 20 heavy (non-hydrogen) atoms. The maximum atomic E-state index is 12.3. The van der Waals surface area contributed by atoms with Crippen LogP contribution in [0.5, 0.6) is 0 Å². The second-order valence-corrected chi connectivity index (χ2v) is 4.24. The van der Waals surface area contributed by atoms with E-state index in [0.29, 0.717) is 28.9 Å². The molecule has 2 aromatic rings. The molecule has 2 aromatic heterocycles. The van der Waals surface area contributed by atoms with Crippen molar-refractivity contribution in [1.82, 2.24) is 15.0 Å². The zero-order chi connectivity index (χ0) is 14.7. The molecule has 0 aliphatic heterocycles. The van der Waals surface area contributed by atoms with Crippen molar-refractivity contribution in [2.24, 2.45) is 0 Å². The zero-order valence-electron chi connectivity index (χ0n) is 11.5. The Hall–Kier alpha value is -2.44. The number of nitrogens with zero attached hydrogens (tertiary/aromatic N) is 3. The van der Waals surface area contributed by atoms with E-state index in [2.05, 4.69) is 14.9 Å². The molecule has 2 heterocycles. The highest BCUT2D eigenvalue weighted by atomic mass is 16.5. The Morgan fingerprint density at radius 2 is 2.20 bits per heavy atom. The summed E-state index contributed by atoms with van der Waals surface area (Å²) in [4.78, 5) is 29.0. The molecule has 7 heteroatoms. The summed E-state index contributed by atoms with van der Waals surface area (Å²) in [7, 11) is 1.29. The average molecular weight is 277 g/mol. The van der Waals surface area contributed by atoms with Gasteiger partial charge in [0, 0.05) is 12.7 Å². The highest BCUT2D eigenvalue weighted by Crippen LogP contribution is 2.17. The lowest BCUT2D eigenvalue weighted by molar-refractivity contribution is -0.141. The molecule has 0 atom stereocenters. The van der Waals surface area contributed by atoms with Crippen LogP contribution in [0.2, 0.25) is 0 Å². The third-order valence-corrected chi connectivity index (χ3v) is 2.97. The monoisotopic (exact) mass is 277 g/mol. The van der Waals surface area contributed by atoms with Crippen molar-refractivity contribution in [2.45, 2.75) is 13.8 Å². The molecule has 106 valence electrons. The molecule has 0 bridgehead atoms. The van der Waals surface area contributed by atoms with E-state index >= 15 is 0 Å². The number of fused-ring (bicyclic) bond motifs is 1. The first-order valence-corrected chi connectivity index (χ1v) is 6.15. The second kappa shape index (κ2) is 5.68. The SMILES string of the molecule is CCN(CC(=O)OC)C(=O)c1cnc2onc(C)c2c1. The fourth-order valence-corrected chi connectivity index (χ4v) is 1.79. The zero-order valence-corrected chi connectivity index (χ0v) is 11.5. The molecule has 0 aromatic carbocycles. The normalized spacial score (nSPS) is 10.6. The Kier molecular flexibility index (Phi) is 3.97. The minimum Gasteiger partial charge on any atom is -0.468 e. The third kappa shape index (κ3) is 2.61. The van der Waals surface area contributed by atoms with E-state index in [1.54, 1.807) is 19.9 Å². The number of carbonyl (C=O) groups is 2. The van der Waals surface area contributed by atoms with Crippen LogP contribution in [0.3, 0.4) is 0 Å². The number of aromatic nitrogens is 2. The molecule has 0 saturated heterocycles. The van der Waals surface area contributed by atoms with Crippen LogP contribution in [0.25, 0.3) is 11.1 Å². The molecule has 0 aliphatic carbocycles. The van der Waals surface area contributed by atoms with Crippen LogP contribution < -0.4 is 0 Å². The summed E-state index contributed by atoms with van der Waals surface area (Å²) in [6.45, 7) is 3.87. The first kappa shape index (κ1) is 14.0.